The van der Waals surface area contributed by atoms with Gasteiger partial charge in [-0.25, -0.2) is 0 Å². The van der Waals surface area contributed by atoms with Gasteiger partial charge in [-0.3, -0.25) is 0 Å². The fraction of sp³-hybridized carbons (Fsp3) is 0.613. The lowest BCUT2D eigenvalue weighted by Crippen LogP contribution is -2.21. The van der Waals surface area contributed by atoms with Crippen LogP contribution >= 0.6 is 0 Å². The third-order valence-electron chi connectivity index (χ3n) is 6.64. The number of ether oxygens (including phenoxy) is 7. The zero-order valence-electron chi connectivity index (χ0n) is 25.0. The lowest BCUT2D eigenvalue weighted by Gasteiger charge is -2.29. The molecular formula is C31H48O9. The van der Waals surface area contributed by atoms with E-state index in [-0.39, 0.29) is 37.9 Å². The highest BCUT2D eigenvalue weighted by Gasteiger charge is 2.28. The summed E-state index contributed by atoms with van der Waals surface area (Å²) in [5.41, 5.74) is 4.12. The molecule has 0 spiro atoms. The summed E-state index contributed by atoms with van der Waals surface area (Å²) < 4.78 is 38.6. The lowest BCUT2D eigenvalue weighted by atomic mass is 9.76. The van der Waals surface area contributed by atoms with Gasteiger partial charge in [-0.15, -0.1) is 0 Å². The molecule has 2 N–H and O–H groups in total. The molecule has 0 aliphatic carbocycles. The highest BCUT2D eigenvalue weighted by Crippen LogP contribution is 2.39. The van der Waals surface area contributed by atoms with Crippen LogP contribution in [-0.4, -0.2) is 77.3 Å². The second-order valence-electron chi connectivity index (χ2n) is 9.89. The third-order valence-corrected chi connectivity index (χ3v) is 6.64. The van der Waals surface area contributed by atoms with E-state index in [1.165, 1.54) is 0 Å². The summed E-state index contributed by atoms with van der Waals surface area (Å²) in [5, 5.41) is 22.0. The number of aromatic hydroxyl groups is 2. The number of benzene rings is 2. The minimum absolute atomic E-state index is 0.155. The van der Waals surface area contributed by atoms with E-state index in [9.17, 15) is 10.2 Å². The molecule has 9 heteroatoms. The summed E-state index contributed by atoms with van der Waals surface area (Å²) in [7, 11) is 3.22. The number of hydrogen-bond acceptors (Lipinski definition) is 9. The topological polar surface area (TPSA) is 105 Å². The number of phenolic OH excluding ortho intramolecular Hbond substituents is 2. The molecule has 0 aliphatic heterocycles. The van der Waals surface area contributed by atoms with Crippen LogP contribution in [0.25, 0.3) is 0 Å². The van der Waals surface area contributed by atoms with Gasteiger partial charge in [0.2, 0.25) is 0 Å². The second kappa shape index (κ2) is 18.2. The highest BCUT2D eigenvalue weighted by molar-refractivity contribution is 5.52. The van der Waals surface area contributed by atoms with Crippen LogP contribution in [0, 0.1) is 0 Å². The van der Waals surface area contributed by atoms with Crippen LogP contribution < -0.4 is 0 Å². The number of methoxy groups -OCH3 is 2. The second-order valence-corrected chi connectivity index (χ2v) is 9.89. The molecule has 0 fully saturated rings. The molecule has 0 atom stereocenters. The first-order valence-electron chi connectivity index (χ1n) is 13.9. The van der Waals surface area contributed by atoms with Crippen molar-refractivity contribution in [2.24, 2.45) is 0 Å². The maximum absolute atomic E-state index is 11.1. The molecule has 0 unspecified atom stereocenters. The van der Waals surface area contributed by atoms with Crippen molar-refractivity contribution in [1.29, 1.82) is 0 Å². The minimum atomic E-state index is -0.509. The molecule has 2 aromatic rings. The third kappa shape index (κ3) is 10.3. The SMILES string of the molecule is CCOCCOCc1cc(C(C)(C)c2cc(COCCOC)c(O)c(COCCOCC)c2)cc(COC)c1O. The van der Waals surface area contributed by atoms with E-state index in [2.05, 4.69) is 13.8 Å². The predicted octanol–water partition coefficient (Wildman–Crippen LogP) is 4.84. The zero-order chi connectivity index (χ0) is 29.4. The summed E-state index contributed by atoms with van der Waals surface area (Å²) in [4.78, 5) is 0. The molecule has 0 saturated heterocycles. The monoisotopic (exact) mass is 564 g/mol. The molecule has 0 bridgehead atoms. The fourth-order valence-corrected chi connectivity index (χ4v) is 4.22. The highest BCUT2D eigenvalue weighted by atomic mass is 16.5. The Morgan fingerprint density at radius 2 is 0.875 bits per heavy atom. The van der Waals surface area contributed by atoms with Crippen molar-refractivity contribution in [3.63, 3.8) is 0 Å². The lowest BCUT2D eigenvalue weighted by molar-refractivity contribution is 0.0441. The number of phenols is 2. The fourth-order valence-electron chi connectivity index (χ4n) is 4.22. The molecule has 0 radical (unpaired) electrons. The molecule has 40 heavy (non-hydrogen) atoms. The van der Waals surface area contributed by atoms with Crippen molar-refractivity contribution < 1.29 is 43.4 Å². The van der Waals surface area contributed by atoms with Gasteiger partial charge < -0.3 is 43.4 Å². The molecule has 0 saturated carbocycles. The Hall–Kier alpha value is -2.24. The van der Waals surface area contributed by atoms with Gasteiger partial charge in [0.25, 0.3) is 0 Å². The van der Waals surface area contributed by atoms with E-state index >= 15 is 0 Å². The average Bonchev–Trinajstić information content (AvgIpc) is 2.94. The van der Waals surface area contributed by atoms with Gasteiger partial charge in [-0.05, 0) is 49.2 Å². The maximum Gasteiger partial charge on any atom is 0.126 e. The van der Waals surface area contributed by atoms with Crippen molar-refractivity contribution in [1.82, 2.24) is 0 Å². The summed E-state index contributed by atoms with van der Waals surface area (Å²) in [6, 6.07) is 7.86. The average molecular weight is 565 g/mol. The number of hydrogen-bond donors (Lipinski definition) is 2. The van der Waals surface area contributed by atoms with E-state index in [0.29, 0.717) is 75.1 Å². The maximum atomic E-state index is 11.1. The van der Waals surface area contributed by atoms with Crippen LogP contribution in [0.2, 0.25) is 0 Å². The first kappa shape index (κ1) is 34.0. The summed E-state index contributed by atoms with van der Waals surface area (Å²) in [6.07, 6.45) is 0. The van der Waals surface area contributed by atoms with Gasteiger partial charge in [0.1, 0.15) is 11.5 Å². The molecule has 2 aromatic carbocycles. The molecule has 2 rings (SSSR count). The molecule has 0 aromatic heterocycles. The number of rotatable bonds is 21. The Morgan fingerprint density at radius 3 is 1.23 bits per heavy atom. The molecule has 0 heterocycles. The normalized spacial score (nSPS) is 11.8. The summed E-state index contributed by atoms with van der Waals surface area (Å²) >= 11 is 0. The Labute approximate surface area is 239 Å². The van der Waals surface area contributed by atoms with E-state index in [1.54, 1.807) is 14.2 Å². The van der Waals surface area contributed by atoms with E-state index in [4.69, 9.17) is 33.2 Å². The van der Waals surface area contributed by atoms with E-state index in [1.807, 2.05) is 38.1 Å². The first-order valence-corrected chi connectivity index (χ1v) is 13.9. The van der Waals surface area contributed by atoms with Crippen molar-refractivity contribution >= 4 is 0 Å². The van der Waals surface area contributed by atoms with Gasteiger partial charge in [0.15, 0.2) is 0 Å². The Bertz CT molecular complexity index is 1010. The van der Waals surface area contributed by atoms with Crippen LogP contribution in [0.3, 0.4) is 0 Å². The predicted molar refractivity (Wildman–Crippen MR) is 153 cm³/mol. The first-order chi connectivity index (χ1) is 19.3. The van der Waals surface area contributed by atoms with Crippen molar-refractivity contribution in [3.05, 3.63) is 57.6 Å². The van der Waals surface area contributed by atoms with E-state index < -0.39 is 5.41 Å². The van der Waals surface area contributed by atoms with Crippen molar-refractivity contribution in [2.75, 3.05) is 67.1 Å². The molecule has 0 amide bonds. The zero-order valence-corrected chi connectivity index (χ0v) is 25.0. The molecular weight excluding hydrogens is 516 g/mol. The van der Waals surface area contributed by atoms with Gasteiger partial charge in [0.05, 0.1) is 66.1 Å². The van der Waals surface area contributed by atoms with Gasteiger partial charge >= 0.3 is 0 Å². The van der Waals surface area contributed by atoms with Crippen molar-refractivity contribution in [3.8, 4) is 11.5 Å². The van der Waals surface area contributed by atoms with Crippen LogP contribution in [0.5, 0.6) is 11.5 Å². The summed E-state index contributed by atoms with van der Waals surface area (Å²) in [5.74, 6) is 0.321. The van der Waals surface area contributed by atoms with Gasteiger partial charge in [0, 0.05) is 55.1 Å². The van der Waals surface area contributed by atoms with Gasteiger partial charge in [-0.2, -0.15) is 0 Å². The van der Waals surface area contributed by atoms with Crippen molar-refractivity contribution in [2.45, 2.75) is 59.5 Å². The smallest absolute Gasteiger partial charge is 0.126 e. The van der Waals surface area contributed by atoms with Gasteiger partial charge in [-0.1, -0.05) is 13.8 Å². The Balaban J connectivity index is 2.44. The van der Waals surface area contributed by atoms with Crippen LogP contribution in [0.1, 0.15) is 61.1 Å². The Morgan fingerprint density at radius 1 is 0.525 bits per heavy atom. The molecule has 0 aliphatic rings. The van der Waals surface area contributed by atoms with Crippen LogP contribution in [0.4, 0.5) is 0 Å². The quantitative estimate of drug-likeness (QED) is 0.206. The largest absolute Gasteiger partial charge is 0.507 e. The van der Waals surface area contributed by atoms with E-state index in [0.717, 1.165) is 11.1 Å². The Kier molecular flexibility index (Phi) is 15.5. The standard InChI is InChI=1S/C31H48O9/c1-7-36-11-13-39-21-24-16-27(15-23(19-35-6)29(24)32)31(3,4)28-17-25(20-38-10-9-34-5)30(33)26(18-28)22-40-14-12-37-8-2/h15-18,32-33H,7-14,19-22H2,1-6H3. The minimum Gasteiger partial charge on any atom is -0.507 e. The molecule has 9 nitrogen and oxygen atoms in total. The molecule has 226 valence electrons. The summed E-state index contributed by atoms with van der Waals surface area (Å²) in [6.45, 7) is 13.0. The van der Waals surface area contributed by atoms with Crippen LogP contribution in [0.15, 0.2) is 24.3 Å². The van der Waals surface area contributed by atoms with Crippen LogP contribution in [-0.2, 0) is 65.0 Å².